The molecule has 0 aliphatic carbocycles. The first-order valence-electron chi connectivity index (χ1n) is 9.51. The molecule has 158 valence electrons. The van der Waals surface area contributed by atoms with Crippen LogP contribution in [0.1, 0.15) is 50.9 Å². The van der Waals surface area contributed by atoms with E-state index in [0.717, 1.165) is 17.8 Å². The first kappa shape index (κ1) is 22.8. The molecule has 1 unspecified atom stereocenters. The maximum absolute atomic E-state index is 12.6. The number of hydrogen-bond donors (Lipinski definition) is 1. The van der Waals surface area contributed by atoms with Crippen molar-refractivity contribution in [3.05, 3.63) is 29.6 Å². The fourth-order valence-electron chi connectivity index (χ4n) is 3.74. The topological polar surface area (TPSA) is 62.3 Å². The monoisotopic (exact) mass is 419 g/mol. The molecule has 1 N–H and O–H groups in total. The van der Waals surface area contributed by atoms with Crippen molar-refractivity contribution in [1.29, 1.82) is 0 Å². The fraction of sp³-hybridized carbons (Fsp3) is 0.684. The summed E-state index contributed by atoms with van der Waals surface area (Å²) in [7, 11) is -1.06. The normalized spacial score (nSPS) is 19.8. The molecule has 1 fully saturated rings. The molecule has 0 aromatic carbocycles. The van der Waals surface area contributed by atoms with Crippen LogP contribution in [-0.2, 0) is 21.2 Å². The molecule has 2 heterocycles. The Balaban J connectivity index is 2.24. The van der Waals surface area contributed by atoms with Gasteiger partial charge in [-0.25, -0.2) is 8.51 Å². The highest BCUT2D eigenvalue weighted by atomic mass is 32.2. The number of alkyl halides is 3. The molecule has 5 nitrogen and oxygen atoms in total. The molecule has 1 saturated heterocycles. The Morgan fingerprint density at radius 2 is 2.00 bits per heavy atom. The number of aryl methyl sites for hydroxylation is 1. The number of pyridine rings is 1. The van der Waals surface area contributed by atoms with Crippen LogP contribution in [0.15, 0.2) is 18.2 Å². The van der Waals surface area contributed by atoms with Crippen molar-refractivity contribution in [3.8, 4) is 0 Å². The van der Waals surface area contributed by atoms with Crippen LogP contribution in [0.5, 0.6) is 0 Å². The van der Waals surface area contributed by atoms with Gasteiger partial charge >= 0.3 is 6.18 Å². The zero-order chi connectivity index (χ0) is 20.9. The number of nitrogens with zero attached hydrogens (tertiary/aromatic N) is 2. The third-order valence-corrected chi connectivity index (χ3v) is 6.95. The molecule has 1 aliphatic rings. The Labute approximate surface area is 166 Å². The Bertz CT molecular complexity index is 704. The average Bonchev–Trinajstić information content (AvgIpc) is 2.60. The van der Waals surface area contributed by atoms with Crippen molar-refractivity contribution in [3.63, 3.8) is 0 Å². The van der Waals surface area contributed by atoms with Crippen molar-refractivity contribution in [2.45, 2.75) is 64.1 Å². The first-order chi connectivity index (χ1) is 13.1. The van der Waals surface area contributed by atoms with Crippen LogP contribution in [-0.4, -0.2) is 50.5 Å². The smallest absolute Gasteiger partial charge is 0.352 e. The van der Waals surface area contributed by atoms with Gasteiger partial charge in [0.25, 0.3) is 0 Å². The van der Waals surface area contributed by atoms with Gasteiger partial charge in [-0.3, -0.25) is 9.78 Å². The van der Waals surface area contributed by atoms with Gasteiger partial charge in [0.15, 0.2) is 0 Å². The van der Waals surface area contributed by atoms with Gasteiger partial charge in [0.05, 0.1) is 11.0 Å². The van der Waals surface area contributed by atoms with Crippen molar-refractivity contribution in [2.24, 2.45) is 0 Å². The summed E-state index contributed by atoms with van der Waals surface area (Å²) in [5.74, 6) is -0.447. The number of piperidine rings is 1. The van der Waals surface area contributed by atoms with E-state index in [1.54, 1.807) is 6.92 Å². The Hall–Kier alpha value is -1.48. The van der Waals surface area contributed by atoms with Gasteiger partial charge in [0.2, 0.25) is 5.91 Å². The number of carbonyl (C=O) groups excluding carboxylic acids is 1. The average molecular weight is 420 g/mol. The lowest BCUT2D eigenvalue weighted by Gasteiger charge is -2.45. The summed E-state index contributed by atoms with van der Waals surface area (Å²) in [5, 5.41) is 2.54. The summed E-state index contributed by atoms with van der Waals surface area (Å²) in [6.45, 7) is 6.65. The Morgan fingerprint density at radius 3 is 2.54 bits per heavy atom. The van der Waals surface area contributed by atoms with Crippen molar-refractivity contribution in [2.75, 3.05) is 18.8 Å². The summed E-state index contributed by atoms with van der Waals surface area (Å²) in [4.78, 5) is 16.5. The van der Waals surface area contributed by atoms with E-state index in [2.05, 4.69) is 10.3 Å². The highest BCUT2D eigenvalue weighted by Crippen LogP contribution is 2.38. The molecular weight excluding hydrogens is 391 g/mol. The van der Waals surface area contributed by atoms with Gasteiger partial charge < -0.3 is 5.32 Å². The van der Waals surface area contributed by atoms with E-state index in [9.17, 15) is 22.2 Å². The lowest BCUT2D eigenvalue weighted by atomic mass is 9.70. The summed E-state index contributed by atoms with van der Waals surface area (Å²) in [5.41, 5.74) is 0.969. The number of halogens is 3. The van der Waals surface area contributed by atoms with Crippen LogP contribution >= 0.6 is 0 Å². The molecule has 1 aromatic heterocycles. The minimum atomic E-state index is -4.54. The van der Waals surface area contributed by atoms with E-state index >= 15 is 0 Å². The van der Waals surface area contributed by atoms with E-state index in [4.69, 9.17) is 0 Å². The van der Waals surface area contributed by atoms with Crippen LogP contribution in [0, 0.1) is 6.92 Å². The van der Waals surface area contributed by atoms with Crippen LogP contribution < -0.4 is 5.32 Å². The molecule has 0 radical (unpaired) electrons. The van der Waals surface area contributed by atoms with Crippen LogP contribution in [0.25, 0.3) is 0 Å². The van der Waals surface area contributed by atoms with Gasteiger partial charge in [0.1, 0.15) is 6.42 Å². The molecule has 28 heavy (non-hydrogen) atoms. The maximum atomic E-state index is 12.6. The lowest BCUT2D eigenvalue weighted by molar-refractivity contribution is -0.154. The summed E-state index contributed by atoms with van der Waals surface area (Å²) in [6, 6.07) is 5.05. The quantitative estimate of drug-likeness (QED) is 0.738. The van der Waals surface area contributed by atoms with Crippen molar-refractivity contribution < 1.29 is 22.2 Å². The Morgan fingerprint density at radius 1 is 1.36 bits per heavy atom. The van der Waals surface area contributed by atoms with Gasteiger partial charge in [0, 0.05) is 41.7 Å². The van der Waals surface area contributed by atoms with E-state index < -0.39 is 40.9 Å². The largest absolute Gasteiger partial charge is 0.397 e. The molecule has 0 bridgehead atoms. The zero-order valence-corrected chi connectivity index (χ0v) is 17.3. The molecule has 0 saturated carbocycles. The van der Waals surface area contributed by atoms with Gasteiger partial charge in [-0.15, -0.1) is 0 Å². The third-order valence-electron chi connectivity index (χ3n) is 5.25. The van der Waals surface area contributed by atoms with Gasteiger partial charge in [-0.2, -0.15) is 13.2 Å². The number of amides is 1. The van der Waals surface area contributed by atoms with Gasteiger partial charge in [-0.1, -0.05) is 13.0 Å². The lowest BCUT2D eigenvalue weighted by Crippen LogP contribution is -2.55. The minimum Gasteiger partial charge on any atom is -0.352 e. The predicted octanol–water partition coefficient (Wildman–Crippen LogP) is 3.25. The standard InChI is InChI=1S/C19H28F3N3O2S/c1-4-12-28(27)25-10-8-18(9-11-25,16-7-5-6-14(2)23-16)15(3)24-17(26)13-19(20,21)22/h5-7,15H,4,8-13H2,1-3H3,(H,24,26)/t15-,28?/m0/s1. The van der Waals surface area contributed by atoms with E-state index in [0.29, 0.717) is 31.7 Å². The third kappa shape index (κ3) is 5.76. The number of carbonyl (C=O) groups is 1. The van der Waals surface area contributed by atoms with Crippen LogP contribution in [0.4, 0.5) is 13.2 Å². The molecule has 1 aliphatic heterocycles. The highest BCUT2D eigenvalue weighted by molar-refractivity contribution is 7.82. The number of nitrogens with one attached hydrogen (secondary N) is 1. The SMILES string of the molecule is CCCS(=O)N1CCC(c2cccc(C)n2)([C@H](C)NC(=O)CC(F)(F)F)CC1. The summed E-state index contributed by atoms with van der Waals surface area (Å²) >= 11 is 0. The number of hydrogen-bond acceptors (Lipinski definition) is 3. The van der Waals surface area contributed by atoms with Gasteiger partial charge in [-0.05, 0) is 45.2 Å². The Kier molecular flexibility index (Phi) is 7.61. The van der Waals surface area contributed by atoms with E-state index in [-0.39, 0.29) is 0 Å². The van der Waals surface area contributed by atoms with E-state index in [1.165, 1.54) is 0 Å². The number of rotatable bonds is 7. The maximum Gasteiger partial charge on any atom is 0.397 e. The minimum absolute atomic E-state index is 0.529. The van der Waals surface area contributed by atoms with Crippen molar-refractivity contribution >= 4 is 16.9 Å². The molecule has 2 atom stereocenters. The highest BCUT2D eigenvalue weighted by Gasteiger charge is 2.44. The number of aromatic nitrogens is 1. The molecule has 0 spiro atoms. The second-order valence-electron chi connectivity index (χ2n) is 7.36. The van der Waals surface area contributed by atoms with Crippen LogP contribution in [0.2, 0.25) is 0 Å². The van der Waals surface area contributed by atoms with E-state index in [1.807, 2.05) is 36.4 Å². The summed E-state index contributed by atoms with van der Waals surface area (Å²) < 4.78 is 51.9. The van der Waals surface area contributed by atoms with Crippen molar-refractivity contribution in [1.82, 2.24) is 14.6 Å². The molecule has 1 aromatic rings. The second-order valence-corrected chi connectivity index (χ2v) is 8.92. The molecular formula is C19H28F3N3O2S. The first-order valence-corrected chi connectivity index (χ1v) is 10.8. The predicted molar refractivity (Wildman–Crippen MR) is 103 cm³/mol. The summed E-state index contributed by atoms with van der Waals surface area (Å²) in [6.07, 6.45) is -4.10. The zero-order valence-electron chi connectivity index (χ0n) is 16.5. The van der Waals surface area contributed by atoms with Crippen LogP contribution in [0.3, 0.4) is 0 Å². The molecule has 1 amide bonds. The fourth-order valence-corrected chi connectivity index (χ4v) is 4.93. The molecule has 2 rings (SSSR count). The molecule has 9 heteroatoms. The second kappa shape index (κ2) is 9.35.